The smallest absolute Gasteiger partial charge is 0.140 e. The van der Waals surface area contributed by atoms with Crippen LogP contribution < -0.4 is 0 Å². The minimum absolute atomic E-state index is 0.256. The number of nitrogens with zero attached hydrogens (tertiary/aromatic N) is 1. The molecule has 0 aliphatic carbocycles. The number of carbonyl (C=O) groups is 1. The zero-order valence-corrected chi connectivity index (χ0v) is 9.65. The zero-order chi connectivity index (χ0) is 11.6. The van der Waals surface area contributed by atoms with Gasteiger partial charge in [0.05, 0.1) is 5.41 Å². The van der Waals surface area contributed by atoms with Gasteiger partial charge in [-0.1, -0.05) is 30.3 Å². The first-order valence-corrected chi connectivity index (χ1v) is 5.71. The van der Waals surface area contributed by atoms with E-state index in [1.165, 1.54) is 0 Å². The monoisotopic (exact) mass is 215 g/mol. The van der Waals surface area contributed by atoms with Crippen molar-refractivity contribution in [2.24, 2.45) is 0 Å². The summed E-state index contributed by atoms with van der Waals surface area (Å²) >= 11 is 0. The van der Waals surface area contributed by atoms with Gasteiger partial charge in [-0.15, -0.1) is 0 Å². The van der Waals surface area contributed by atoms with Crippen LogP contribution in [-0.4, -0.2) is 23.8 Å². The Morgan fingerprint density at radius 3 is 2.31 bits per heavy atom. The first-order valence-electron chi connectivity index (χ1n) is 5.71. The Bertz CT molecular complexity index is 364. The second-order valence-corrected chi connectivity index (χ2v) is 4.54. The van der Waals surface area contributed by atoms with Crippen LogP contribution >= 0.6 is 0 Å². The molecule has 1 aromatic rings. The largest absolute Gasteiger partial charge is 0.299 e. The molecular formula is C14H17NO. The van der Waals surface area contributed by atoms with Gasteiger partial charge in [-0.25, -0.2) is 0 Å². The molecular weight excluding hydrogens is 198 g/mol. The van der Waals surface area contributed by atoms with Crippen molar-refractivity contribution in [3.05, 3.63) is 42.9 Å². The lowest BCUT2D eigenvalue weighted by Crippen LogP contribution is -2.44. The quantitative estimate of drug-likeness (QED) is 0.754. The van der Waals surface area contributed by atoms with Crippen LogP contribution in [0.2, 0.25) is 0 Å². The van der Waals surface area contributed by atoms with Crippen molar-refractivity contribution in [3.8, 4) is 0 Å². The molecule has 1 aromatic carbocycles. The van der Waals surface area contributed by atoms with Gasteiger partial charge in [0.15, 0.2) is 0 Å². The van der Waals surface area contributed by atoms with E-state index in [4.69, 9.17) is 7.05 Å². The zero-order valence-electron chi connectivity index (χ0n) is 9.65. The molecule has 1 heterocycles. The van der Waals surface area contributed by atoms with E-state index < -0.39 is 0 Å². The van der Waals surface area contributed by atoms with Gasteiger partial charge in [0.25, 0.3) is 0 Å². The highest BCUT2D eigenvalue weighted by molar-refractivity contribution is 5.88. The fraction of sp³-hybridized carbons (Fsp3) is 0.429. The van der Waals surface area contributed by atoms with E-state index in [-0.39, 0.29) is 11.2 Å². The molecule has 2 radical (unpaired) electrons. The van der Waals surface area contributed by atoms with E-state index in [0.29, 0.717) is 0 Å². The van der Waals surface area contributed by atoms with Gasteiger partial charge in [0, 0.05) is 7.05 Å². The highest BCUT2D eigenvalue weighted by Gasteiger charge is 2.39. The van der Waals surface area contributed by atoms with Crippen LogP contribution in [0.3, 0.4) is 0 Å². The van der Waals surface area contributed by atoms with E-state index in [9.17, 15) is 4.79 Å². The molecule has 0 atom stereocenters. The van der Waals surface area contributed by atoms with Crippen molar-refractivity contribution in [3.63, 3.8) is 0 Å². The molecule has 84 valence electrons. The lowest BCUT2D eigenvalue weighted by molar-refractivity contribution is -0.124. The first kappa shape index (κ1) is 11.3. The molecule has 0 saturated carbocycles. The van der Waals surface area contributed by atoms with Crippen LogP contribution in [0.15, 0.2) is 30.3 Å². The maximum atomic E-state index is 12.0. The third kappa shape index (κ3) is 1.90. The fourth-order valence-electron chi connectivity index (χ4n) is 2.51. The number of ketones is 1. The number of hydrogen-bond donors (Lipinski definition) is 0. The second kappa shape index (κ2) is 4.38. The van der Waals surface area contributed by atoms with Crippen LogP contribution in [-0.2, 0) is 10.2 Å². The number of carbonyl (C=O) groups excluding carboxylic acids is 1. The molecule has 0 unspecified atom stereocenters. The fourth-order valence-corrected chi connectivity index (χ4v) is 2.51. The van der Waals surface area contributed by atoms with Crippen LogP contribution in [0.25, 0.3) is 0 Å². The van der Waals surface area contributed by atoms with E-state index >= 15 is 0 Å². The van der Waals surface area contributed by atoms with Gasteiger partial charge in [-0.05, 0) is 38.4 Å². The Labute approximate surface area is 97.3 Å². The normalized spacial score (nSPS) is 20.6. The average molecular weight is 215 g/mol. The van der Waals surface area contributed by atoms with Gasteiger partial charge >= 0.3 is 0 Å². The molecule has 0 bridgehead atoms. The standard InChI is InChI=1S/C14H17NO/c1-12(16)14(8-10-15(2)11-9-14)13-6-4-3-5-7-13/h2-7H,8-11H2,1H3. The molecule has 1 fully saturated rings. The molecule has 0 spiro atoms. The van der Waals surface area contributed by atoms with Gasteiger partial charge < -0.3 is 0 Å². The molecule has 2 rings (SSSR count). The number of benzene rings is 1. The Hall–Kier alpha value is -1.15. The summed E-state index contributed by atoms with van der Waals surface area (Å²) < 4.78 is 0. The minimum atomic E-state index is -0.308. The van der Waals surface area contributed by atoms with Crippen molar-refractivity contribution in [2.45, 2.75) is 25.2 Å². The van der Waals surface area contributed by atoms with Crippen LogP contribution in [0.5, 0.6) is 0 Å². The predicted molar refractivity (Wildman–Crippen MR) is 63.9 cm³/mol. The van der Waals surface area contributed by atoms with Crippen LogP contribution in [0.1, 0.15) is 25.3 Å². The molecule has 2 nitrogen and oxygen atoms in total. The summed E-state index contributed by atoms with van der Waals surface area (Å²) in [5.41, 5.74) is 0.826. The summed E-state index contributed by atoms with van der Waals surface area (Å²) in [6.45, 7) is 3.27. The highest BCUT2D eigenvalue weighted by atomic mass is 16.1. The molecule has 0 N–H and O–H groups in total. The summed E-state index contributed by atoms with van der Waals surface area (Å²) in [6, 6.07) is 10.1. The van der Waals surface area contributed by atoms with Crippen LogP contribution in [0, 0.1) is 7.05 Å². The number of piperidine rings is 1. The number of likely N-dealkylation sites (tertiary alicyclic amines) is 1. The summed E-state index contributed by atoms with van der Waals surface area (Å²) in [4.78, 5) is 13.8. The summed E-state index contributed by atoms with van der Waals surface area (Å²) in [5.74, 6) is 0.256. The minimum Gasteiger partial charge on any atom is -0.299 e. The third-order valence-electron chi connectivity index (χ3n) is 3.65. The van der Waals surface area contributed by atoms with Crippen LogP contribution in [0.4, 0.5) is 0 Å². The van der Waals surface area contributed by atoms with Gasteiger partial charge in [0.2, 0.25) is 0 Å². The first-order chi connectivity index (χ1) is 7.65. The Balaban J connectivity index is 2.34. The number of hydrogen-bond acceptors (Lipinski definition) is 2. The molecule has 2 heteroatoms. The second-order valence-electron chi connectivity index (χ2n) is 4.54. The number of Topliss-reactive ketones (excluding diaryl/α,β-unsaturated/α-hetero) is 1. The highest BCUT2D eigenvalue weighted by Crippen LogP contribution is 2.36. The van der Waals surface area contributed by atoms with Crippen molar-refractivity contribution in [2.75, 3.05) is 13.1 Å². The van der Waals surface area contributed by atoms with Crippen molar-refractivity contribution < 1.29 is 4.79 Å². The van der Waals surface area contributed by atoms with Gasteiger partial charge in [-0.3, -0.25) is 9.69 Å². The Morgan fingerprint density at radius 1 is 1.25 bits per heavy atom. The third-order valence-corrected chi connectivity index (χ3v) is 3.65. The number of rotatable bonds is 2. The van der Waals surface area contributed by atoms with Crippen molar-refractivity contribution >= 4 is 5.78 Å². The summed E-state index contributed by atoms with van der Waals surface area (Å²) in [5, 5.41) is 0. The maximum absolute atomic E-state index is 12.0. The van der Waals surface area contributed by atoms with Crippen molar-refractivity contribution in [1.29, 1.82) is 0 Å². The van der Waals surface area contributed by atoms with E-state index in [1.54, 1.807) is 11.8 Å². The van der Waals surface area contributed by atoms with E-state index in [0.717, 1.165) is 31.5 Å². The molecule has 1 aliphatic rings. The molecule has 0 aromatic heterocycles. The summed E-state index contributed by atoms with van der Waals surface area (Å²) in [7, 11) is 5.76. The molecule has 0 amide bonds. The molecule has 1 saturated heterocycles. The lowest BCUT2D eigenvalue weighted by Gasteiger charge is -2.39. The van der Waals surface area contributed by atoms with Gasteiger partial charge in [0.1, 0.15) is 5.78 Å². The topological polar surface area (TPSA) is 20.3 Å². The Morgan fingerprint density at radius 2 is 1.81 bits per heavy atom. The Kier molecular flexibility index (Phi) is 3.10. The van der Waals surface area contributed by atoms with Gasteiger partial charge in [-0.2, -0.15) is 0 Å². The summed E-state index contributed by atoms with van der Waals surface area (Å²) in [6.07, 6.45) is 1.64. The average Bonchev–Trinajstić information content (AvgIpc) is 2.31. The molecule has 1 aliphatic heterocycles. The van der Waals surface area contributed by atoms with E-state index in [2.05, 4.69) is 0 Å². The maximum Gasteiger partial charge on any atom is 0.140 e. The van der Waals surface area contributed by atoms with E-state index in [1.807, 2.05) is 30.3 Å². The molecule has 16 heavy (non-hydrogen) atoms. The van der Waals surface area contributed by atoms with Crippen molar-refractivity contribution in [1.82, 2.24) is 4.90 Å². The predicted octanol–water partition coefficient (Wildman–Crippen LogP) is 2.28. The SMILES string of the molecule is [CH]N1CCC(C(C)=O)(c2ccccc2)CC1. The lowest BCUT2D eigenvalue weighted by atomic mass is 9.70.